The SMILES string of the molecule is CCN=CSC/C=C/c1ccc(O)c2c1C[C@H]1C[C@@H](CCO)[C@@](O)(C(=O)CC(N)=O)C(=O)C1=C2O. The quantitative estimate of drug-likeness (QED) is 0.139. The molecular weight excluding hydrogens is 472 g/mol. The molecule has 0 aliphatic heterocycles. The molecule has 0 radical (unpaired) electrons. The first-order valence-electron chi connectivity index (χ1n) is 11.4. The number of aliphatic imine (C=N–C) groups is 1. The highest BCUT2D eigenvalue weighted by Gasteiger charge is 2.57. The maximum Gasteiger partial charge on any atom is 0.225 e. The Hall–Kier alpha value is -2.95. The van der Waals surface area contributed by atoms with Gasteiger partial charge in [0.05, 0.1) is 17.5 Å². The molecule has 1 saturated carbocycles. The van der Waals surface area contributed by atoms with E-state index < -0.39 is 47.1 Å². The molecule has 0 saturated heterocycles. The van der Waals surface area contributed by atoms with Gasteiger partial charge in [0.25, 0.3) is 0 Å². The fraction of sp³-hybridized carbons (Fsp3) is 0.440. The molecule has 1 amide bonds. The Kier molecular flexibility index (Phi) is 8.52. The lowest BCUT2D eigenvalue weighted by atomic mass is 9.61. The summed E-state index contributed by atoms with van der Waals surface area (Å²) >= 11 is 1.52. The van der Waals surface area contributed by atoms with Crippen LogP contribution in [0.3, 0.4) is 0 Å². The highest BCUT2D eigenvalue weighted by atomic mass is 32.2. The summed E-state index contributed by atoms with van der Waals surface area (Å²) in [5, 5.41) is 42.4. The predicted octanol–water partition coefficient (Wildman–Crippen LogP) is 1.78. The van der Waals surface area contributed by atoms with Gasteiger partial charge in [0.15, 0.2) is 11.4 Å². The highest BCUT2D eigenvalue weighted by molar-refractivity contribution is 8.12. The molecular formula is C25H30N2O7S. The molecule has 0 aromatic heterocycles. The number of benzene rings is 1. The minimum Gasteiger partial charge on any atom is -0.507 e. The van der Waals surface area contributed by atoms with Crippen molar-refractivity contribution < 1.29 is 34.8 Å². The predicted molar refractivity (Wildman–Crippen MR) is 134 cm³/mol. The first-order chi connectivity index (χ1) is 16.7. The maximum atomic E-state index is 13.5. The fourth-order valence-electron chi connectivity index (χ4n) is 4.90. The first kappa shape index (κ1) is 26.7. The van der Waals surface area contributed by atoms with E-state index in [1.54, 1.807) is 11.6 Å². The molecule has 2 aliphatic carbocycles. The molecule has 35 heavy (non-hydrogen) atoms. The number of amides is 1. The monoisotopic (exact) mass is 502 g/mol. The molecule has 3 rings (SSSR count). The fourth-order valence-corrected chi connectivity index (χ4v) is 5.45. The number of aliphatic hydroxyl groups is 3. The molecule has 0 heterocycles. The van der Waals surface area contributed by atoms with Gasteiger partial charge in [-0.1, -0.05) is 18.2 Å². The lowest BCUT2D eigenvalue weighted by molar-refractivity contribution is -0.159. The van der Waals surface area contributed by atoms with E-state index in [4.69, 9.17) is 5.73 Å². The van der Waals surface area contributed by atoms with Crippen molar-refractivity contribution in [1.29, 1.82) is 0 Å². The van der Waals surface area contributed by atoms with E-state index in [1.165, 1.54) is 17.8 Å². The van der Waals surface area contributed by atoms with E-state index in [0.717, 1.165) is 5.56 Å². The summed E-state index contributed by atoms with van der Waals surface area (Å²) in [4.78, 5) is 41.7. The van der Waals surface area contributed by atoms with E-state index in [0.29, 0.717) is 17.9 Å². The number of carbonyl (C=O) groups excluding carboxylic acids is 3. The molecule has 3 atom stereocenters. The third-order valence-electron chi connectivity index (χ3n) is 6.49. The minimum atomic E-state index is -2.60. The average Bonchev–Trinajstić information content (AvgIpc) is 2.80. The van der Waals surface area contributed by atoms with E-state index in [1.807, 2.05) is 19.1 Å². The van der Waals surface area contributed by atoms with Crippen LogP contribution in [0.25, 0.3) is 11.8 Å². The van der Waals surface area contributed by atoms with Crippen molar-refractivity contribution in [2.24, 2.45) is 22.6 Å². The Labute approximate surface area is 207 Å². The summed E-state index contributed by atoms with van der Waals surface area (Å²) in [5.41, 5.74) is 5.61. The van der Waals surface area contributed by atoms with Crippen molar-refractivity contribution in [1.82, 2.24) is 0 Å². The molecule has 188 valence electrons. The molecule has 1 aromatic rings. The summed E-state index contributed by atoms with van der Waals surface area (Å²) < 4.78 is 0. The third kappa shape index (κ3) is 5.19. The number of aliphatic hydroxyl groups excluding tert-OH is 2. The number of phenolic OH excluding ortho intramolecular Hbond substituents is 1. The van der Waals surface area contributed by atoms with E-state index in [9.17, 15) is 34.8 Å². The summed E-state index contributed by atoms with van der Waals surface area (Å²) in [7, 11) is 0. The zero-order valence-corrected chi connectivity index (χ0v) is 20.3. The van der Waals surface area contributed by atoms with Crippen molar-refractivity contribution in [2.45, 2.75) is 38.2 Å². The van der Waals surface area contributed by atoms with Gasteiger partial charge in [-0.2, -0.15) is 0 Å². The molecule has 0 spiro atoms. The number of Topliss-reactive ketones (excluding diaryl/α,β-unsaturated/α-hetero) is 2. The summed E-state index contributed by atoms with van der Waals surface area (Å²) in [6.07, 6.45) is 3.30. The number of aromatic hydroxyl groups is 1. The molecule has 9 nitrogen and oxygen atoms in total. The van der Waals surface area contributed by atoms with Crippen LogP contribution in [-0.4, -0.2) is 68.0 Å². The average molecular weight is 503 g/mol. The molecule has 1 aromatic carbocycles. The number of thioether (sulfide) groups is 1. The zero-order chi connectivity index (χ0) is 25.8. The second-order valence-electron chi connectivity index (χ2n) is 8.64. The Balaban J connectivity index is 2.04. The number of primary amides is 1. The van der Waals surface area contributed by atoms with Crippen molar-refractivity contribution in [3.8, 4) is 5.75 Å². The van der Waals surface area contributed by atoms with Crippen LogP contribution in [0.1, 0.15) is 42.9 Å². The Morgan fingerprint density at radius 1 is 1.31 bits per heavy atom. The number of phenols is 1. The zero-order valence-electron chi connectivity index (χ0n) is 19.4. The van der Waals surface area contributed by atoms with Crippen LogP contribution in [-0.2, 0) is 20.8 Å². The van der Waals surface area contributed by atoms with Crippen LogP contribution < -0.4 is 5.73 Å². The second kappa shape index (κ2) is 11.2. The number of hydrogen-bond acceptors (Lipinski definition) is 9. The third-order valence-corrected chi connectivity index (χ3v) is 7.17. The van der Waals surface area contributed by atoms with Crippen LogP contribution in [0.15, 0.2) is 28.8 Å². The van der Waals surface area contributed by atoms with Gasteiger partial charge in [-0.05, 0) is 49.3 Å². The summed E-state index contributed by atoms with van der Waals surface area (Å²) in [6, 6.07) is 3.13. The number of carbonyl (C=O) groups is 3. The largest absolute Gasteiger partial charge is 0.507 e. The van der Waals surface area contributed by atoms with Crippen molar-refractivity contribution in [2.75, 3.05) is 18.9 Å². The van der Waals surface area contributed by atoms with Crippen LogP contribution >= 0.6 is 11.8 Å². The van der Waals surface area contributed by atoms with Crippen LogP contribution in [0, 0.1) is 11.8 Å². The highest BCUT2D eigenvalue weighted by Crippen LogP contribution is 2.49. The van der Waals surface area contributed by atoms with Gasteiger partial charge in [0.2, 0.25) is 11.7 Å². The number of fused-ring (bicyclic) bond motifs is 2. The molecule has 10 heteroatoms. The molecule has 6 N–H and O–H groups in total. The van der Waals surface area contributed by atoms with Gasteiger partial charge >= 0.3 is 0 Å². The smallest absolute Gasteiger partial charge is 0.225 e. The Morgan fingerprint density at radius 2 is 2.06 bits per heavy atom. The second-order valence-corrected chi connectivity index (χ2v) is 9.51. The molecule has 2 aliphatic rings. The number of rotatable bonds is 10. The number of nitrogens with two attached hydrogens (primary N) is 1. The van der Waals surface area contributed by atoms with Gasteiger partial charge in [0.1, 0.15) is 11.5 Å². The topological polar surface area (TPSA) is 171 Å². The first-order valence-corrected chi connectivity index (χ1v) is 12.5. The lowest BCUT2D eigenvalue weighted by Crippen LogP contribution is -2.59. The van der Waals surface area contributed by atoms with Gasteiger partial charge in [-0.3, -0.25) is 19.4 Å². The van der Waals surface area contributed by atoms with Crippen LogP contribution in [0.2, 0.25) is 0 Å². The summed E-state index contributed by atoms with van der Waals surface area (Å²) in [6.45, 7) is 2.27. The van der Waals surface area contributed by atoms with Gasteiger partial charge < -0.3 is 26.2 Å². The minimum absolute atomic E-state index is 0.0481. The maximum absolute atomic E-state index is 13.5. The van der Waals surface area contributed by atoms with Gasteiger partial charge in [0, 0.05) is 30.4 Å². The van der Waals surface area contributed by atoms with Gasteiger partial charge in [-0.25, -0.2) is 0 Å². The van der Waals surface area contributed by atoms with E-state index >= 15 is 0 Å². The Morgan fingerprint density at radius 3 is 2.71 bits per heavy atom. The van der Waals surface area contributed by atoms with Crippen LogP contribution in [0.4, 0.5) is 0 Å². The Bertz CT molecular complexity index is 1110. The molecule has 0 bridgehead atoms. The van der Waals surface area contributed by atoms with E-state index in [2.05, 4.69) is 4.99 Å². The molecule has 1 fully saturated rings. The number of ketones is 2. The lowest BCUT2D eigenvalue weighted by Gasteiger charge is -2.43. The standard InChI is InChI=1S/C25H30N2O7S/c1-2-27-13-35-9-3-4-14-5-6-18(29)22-17(14)11-15-10-16(7-8-28)25(34,19(30)12-20(26)31)24(33)21(15)23(22)32/h3-6,13,15-16,28-29,32,34H,2,7-12H2,1H3,(H2,26,31)/b4-3+,27-13?/t15-,16-,25-/m1/s1. The normalized spacial score (nSPS) is 24.1. The summed E-state index contributed by atoms with van der Waals surface area (Å²) in [5.74, 6) is -4.65. The van der Waals surface area contributed by atoms with Gasteiger partial charge in [-0.15, -0.1) is 11.8 Å². The number of nitrogens with zero attached hydrogens (tertiary/aromatic N) is 1. The van der Waals surface area contributed by atoms with Crippen molar-refractivity contribution >= 4 is 46.6 Å². The number of hydrogen-bond donors (Lipinski definition) is 5. The van der Waals surface area contributed by atoms with Crippen LogP contribution in [0.5, 0.6) is 5.75 Å². The molecule has 0 unspecified atom stereocenters. The van der Waals surface area contributed by atoms with Crippen molar-refractivity contribution in [3.05, 3.63) is 40.5 Å². The van der Waals surface area contributed by atoms with Crippen molar-refractivity contribution in [3.63, 3.8) is 0 Å². The van der Waals surface area contributed by atoms with E-state index in [-0.39, 0.29) is 42.8 Å².